The van der Waals surface area contributed by atoms with Crippen LogP contribution in [0.5, 0.6) is 0 Å². The number of hydrogen-bond donors (Lipinski definition) is 1. The van der Waals surface area contributed by atoms with Gasteiger partial charge in [0.15, 0.2) is 16.0 Å². The van der Waals surface area contributed by atoms with Gasteiger partial charge in [-0.3, -0.25) is 24.1 Å². The number of imidazole rings is 1. The van der Waals surface area contributed by atoms with Crippen LogP contribution in [0, 0.1) is 12.3 Å². The molecule has 0 spiro atoms. The van der Waals surface area contributed by atoms with Crippen LogP contribution in [0.25, 0.3) is 17.1 Å². The summed E-state index contributed by atoms with van der Waals surface area (Å²) in [6, 6.07) is 27.0. The van der Waals surface area contributed by atoms with Gasteiger partial charge in [-0.2, -0.15) is 0 Å². The third-order valence-corrected chi connectivity index (χ3v) is 9.15. The third kappa shape index (κ3) is 7.25. The zero-order valence-corrected chi connectivity index (χ0v) is 26.7. The minimum atomic E-state index is -0.384. The summed E-state index contributed by atoms with van der Waals surface area (Å²) in [5.74, 6) is 2.19. The van der Waals surface area contributed by atoms with Crippen molar-refractivity contribution in [3.63, 3.8) is 0 Å². The van der Waals surface area contributed by atoms with Crippen LogP contribution in [0.1, 0.15) is 44.9 Å². The van der Waals surface area contributed by atoms with Crippen molar-refractivity contribution in [2.75, 3.05) is 13.1 Å². The van der Waals surface area contributed by atoms with E-state index in [4.69, 9.17) is 15.8 Å². The number of rotatable bonds is 12. The number of carbonyl (C=O) groups is 4. The first-order chi connectivity index (χ1) is 22.9. The highest BCUT2D eigenvalue weighted by molar-refractivity contribution is 8.18. The summed E-state index contributed by atoms with van der Waals surface area (Å²) >= 11 is 2.21. The number of para-hydroxylation sites is 2. The van der Waals surface area contributed by atoms with Gasteiger partial charge in [-0.15, -0.1) is 12.3 Å². The Morgan fingerprint density at radius 3 is 2.43 bits per heavy atom. The second kappa shape index (κ2) is 14.4. The minimum Gasteiger partial charge on any atom is -0.450 e. The molecule has 0 aliphatic carbocycles. The molecule has 6 rings (SSSR count). The standard InChI is InChI=1S/C36H28N4O5S2/c1-2-3-21-40-34(43)30(46-36(40)44)23-27-18-19-31(45-27)47-35-38-28-12-7-8-13-29(28)39(35)22-9-20-37-33(42)26-16-14-25(15-17-26)32(41)24-10-5-4-6-11-24/h1,4-8,10-19,23H,3,9,20-22H2,(H,37,42)/b30-23-. The second-order valence-corrected chi connectivity index (χ2v) is 12.4. The number of amides is 3. The maximum atomic E-state index is 12.8. The molecule has 3 aromatic carbocycles. The van der Waals surface area contributed by atoms with E-state index in [1.807, 2.05) is 42.5 Å². The van der Waals surface area contributed by atoms with E-state index in [0.29, 0.717) is 58.6 Å². The van der Waals surface area contributed by atoms with E-state index < -0.39 is 0 Å². The van der Waals surface area contributed by atoms with Crippen molar-refractivity contribution in [1.82, 2.24) is 19.8 Å². The Balaban J connectivity index is 1.08. The lowest BCUT2D eigenvalue weighted by molar-refractivity contribution is -0.122. The lowest BCUT2D eigenvalue weighted by Gasteiger charge is -2.10. The van der Waals surface area contributed by atoms with Crippen molar-refractivity contribution in [2.24, 2.45) is 0 Å². The van der Waals surface area contributed by atoms with E-state index in [9.17, 15) is 19.2 Å². The Morgan fingerprint density at radius 1 is 0.915 bits per heavy atom. The molecular formula is C36H28N4O5S2. The summed E-state index contributed by atoms with van der Waals surface area (Å²) in [4.78, 5) is 56.6. The SMILES string of the molecule is C#CCCN1C(=O)S/C(=C\c2ccc(Sc3nc4ccccc4n3CCCNC(=O)c3ccc(C(=O)c4ccccc4)cc3)o2)C1=O. The van der Waals surface area contributed by atoms with E-state index in [2.05, 4.69) is 15.8 Å². The Bertz CT molecular complexity index is 2040. The molecule has 0 unspecified atom stereocenters. The fourth-order valence-corrected chi connectivity index (χ4v) is 6.72. The molecule has 1 saturated heterocycles. The van der Waals surface area contributed by atoms with Crippen LogP contribution in [0.4, 0.5) is 4.79 Å². The number of carbonyl (C=O) groups excluding carboxylic acids is 4. The highest BCUT2D eigenvalue weighted by Gasteiger charge is 2.34. The summed E-state index contributed by atoms with van der Waals surface area (Å²) in [5.41, 5.74) is 3.38. The van der Waals surface area contributed by atoms with Crippen LogP contribution in [-0.4, -0.2) is 50.4 Å². The first kappa shape index (κ1) is 31.7. The molecule has 0 saturated carbocycles. The monoisotopic (exact) mass is 660 g/mol. The van der Waals surface area contributed by atoms with Crippen molar-refractivity contribution >= 4 is 63.5 Å². The smallest absolute Gasteiger partial charge is 0.293 e. The van der Waals surface area contributed by atoms with Crippen molar-refractivity contribution in [3.8, 4) is 12.3 Å². The summed E-state index contributed by atoms with van der Waals surface area (Å²) in [7, 11) is 0. The molecule has 0 radical (unpaired) electrons. The van der Waals surface area contributed by atoms with Gasteiger partial charge >= 0.3 is 0 Å². The Hall–Kier alpha value is -5.31. The quantitative estimate of drug-likeness (QED) is 0.0666. The summed E-state index contributed by atoms with van der Waals surface area (Å²) < 4.78 is 8.06. The molecule has 0 bridgehead atoms. The van der Waals surface area contributed by atoms with E-state index in [0.717, 1.165) is 27.7 Å². The molecular weight excluding hydrogens is 633 g/mol. The van der Waals surface area contributed by atoms with E-state index >= 15 is 0 Å². The predicted octanol–water partition coefficient (Wildman–Crippen LogP) is 6.89. The number of ketones is 1. The Morgan fingerprint density at radius 2 is 1.64 bits per heavy atom. The van der Waals surface area contributed by atoms with Gasteiger partial charge in [0.25, 0.3) is 17.1 Å². The number of furan rings is 1. The number of benzene rings is 3. The zero-order chi connectivity index (χ0) is 32.8. The molecule has 3 heterocycles. The van der Waals surface area contributed by atoms with Crippen LogP contribution in [0.15, 0.2) is 111 Å². The van der Waals surface area contributed by atoms with Crippen LogP contribution in [-0.2, 0) is 11.3 Å². The molecule has 1 aliphatic heterocycles. The maximum Gasteiger partial charge on any atom is 0.293 e. The van der Waals surface area contributed by atoms with Gasteiger partial charge in [-0.05, 0) is 66.3 Å². The lowest BCUT2D eigenvalue weighted by Crippen LogP contribution is -2.28. The number of hydrogen-bond acceptors (Lipinski definition) is 8. The van der Waals surface area contributed by atoms with Crippen molar-refractivity contribution in [3.05, 3.63) is 118 Å². The molecule has 0 atom stereocenters. The van der Waals surface area contributed by atoms with Crippen LogP contribution >= 0.6 is 23.5 Å². The maximum absolute atomic E-state index is 12.8. The van der Waals surface area contributed by atoms with E-state index in [-0.39, 0.29) is 34.3 Å². The van der Waals surface area contributed by atoms with Crippen LogP contribution in [0.3, 0.4) is 0 Å². The molecule has 9 nitrogen and oxygen atoms in total. The number of imide groups is 1. The Labute approximate surface area is 279 Å². The van der Waals surface area contributed by atoms with Crippen LogP contribution in [0.2, 0.25) is 0 Å². The molecule has 3 amide bonds. The third-order valence-electron chi connectivity index (χ3n) is 7.33. The van der Waals surface area contributed by atoms with E-state index in [1.165, 1.54) is 11.8 Å². The number of thioether (sulfide) groups is 1. The van der Waals surface area contributed by atoms with Gasteiger partial charge in [0.2, 0.25) is 0 Å². The largest absolute Gasteiger partial charge is 0.450 e. The van der Waals surface area contributed by atoms with Crippen molar-refractivity contribution in [1.29, 1.82) is 0 Å². The first-order valence-corrected chi connectivity index (χ1v) is 16.4. The average molecular weight is 661 g/mol. The Kier molecular flexibility index (Phi) is 9.71. The fourth-order valence-electron chi connectivity index (χ4n) is 4.97. The fraction of sp³-hybridized carbons (Fsp3) is 0.139. The van der Waals surface area contributed by atoms with Crippen LogP contribution < -0.4 is 5.32 Å². The molecule has 1 aliphatic rings. The average Bonchev–Trinajstić information content (AvgIpc) is 3.77. The first-order valence-electron chi connectivity index (χ1n) is 14.8. The normalized spacial score (nSPS) is 13.8. The summed E-state index contributed by atoms with van der Waals surface area (Å²) in [5, 5.41) is 3.90. The van der Waals surface area contributed by atoms with Crippen molar-refractivity contribution in [2.45, 2.75) is 29.6 Å². The summed E-state index contributed by atoms with van der Waals surface area (Å²) in [6.07, 6.45) is 7.78. The molecule has 234 valence electrons. The minimum absolute atomic E-state index is 0.0932. The van der Waals surface area contributed by atoms with Gasteiger partial charge < -0.3 is 14.3 Å². The zero-order valence-electron chi connectivity index (χ0n) is 25.0. The molecule has 1 N–H and O–H groups in total. The highest BCUT2D eigenvalue weighted by atomic mass is 32.2. The number of nitrogens with zero attached hydrogens (tertiary/aromatic N) is 3. The van der Waals surface area contributed by atoms with Gasteiger partial charge in [0.1, 0.15) is 5.76 Å². The molecule has 1 fully saturated rings. The van der Waals surface area contributed by atoms with Gasteiger partial charge in [-0.25, -0.2) is 4.98 Å². The molecule has 2 aromatic heterocycles. The molecule has 5 aromatic rings. The van der Waals surface area contributed by atoms with Gasteiger partial charge in [0, 0.05) is 48.8 Å². The van der Waals surface area contributed by atoms with Gasteiger partial charge in [0.05, 0.1) is 15.9 Å². The lowest BCUT2D eigenvalue weighted by atomic mass is 10.0. The van der Waals surface area contributed by atoms with Crippen molar-refractivity contribution < 1.29 is 23.6 Å². The topological polar surface area (TPSA) is 115 Å². The number of aromatic nitrogens is 2. The molecule has 11 heteroatoms. The number of terminal acetylenes is 1. The number of fused-ring (bicyclic) bond motifs is 1. The van der Waals surface area contributed by atoms with E-state index in [1.54, 1.807) is 54.6 Å². The predicted molar refractivity (Wildman–Crippen MR) is 182 cm³/mol. The van der Waals surface area contributed by atoms with Gasteiger partial charge in [-0.1, -0.05) is 54.6 Å². The summed E-state index contributed by atoms with van der Waals surface area (Å²) in [6.45, 7) is 1.20. The number of nitrogens with one attached hydrogen (secondary N) is 1. The second-order valence-electron chi connectivity index (χ2n) is 10.5. The molecule has 47 heavy (non-hydrogen) atoms. The highest BCUT2D eigenvalue weighted by Crippen LogP contribution is 2.35. The number of aryl methyl sites for hydroxylation is 1.